The Hall–Kier alpha value is -5.09. The summed E-state index contributed by atoms with van der Waals surface area (Å²) in [7, 11) is 4.01. The summed E-state index contributed by atoms with van der Waals surface area (Å²) in [5, 5.41) is 14.9. The third kappa shape index (κ3) is 6.30. The van der Waals surface area contributed by atoms with Gasteiger partial charge in [-0.2, -0.15) is 5.10 Å². The summed E-state index contributed by atoms with van der Waals surface area (Å²) in [6, 6.07) is 18.7. The van der Waals surface area contributed by atoms with Gasteiger partial charge < -0.3 is 20.5 Å². The highest BCUT2D eigenvalue weighted by Gasteiger charge is 2.16. The predicted octanol–water partition coefficient (Wildman–Crippen LogP) is 6.93. The highest BCUT2D eigenvalue weighted by molar-refractivity contribution is 6.01. The van der Waals surface area contributed by atoms with Gasteiger partial charge in [-0.3, -0.25) is 14.9 Å². The highest BCUT2D eigenvalue weighted by Crippen LogP contribution is 2.35. The first-order chi connectivity index (χ1) is 21.2. The first kappa shape index (κ1) is 29.0. The second-order valence-corrected chi connectivity index (χ2v) is 11.7. The molecule has 0 saturated heterocycles. The molecule has 0 fully saturated rings. The molecule has 6 aromatic rings. The molecule has 0 saturated carbocycles. The minimum Gasteiger partial charge on any atom is -0.384 e. The number of rotatable bonds is 10. The number of likely N-dealkylation sites (N-methyl/N-ethyl adjacent to an activating group) is 1. The molecule has 224 valence electrons. The standard InChI is InChI=1S/C34H35FN8O/c1-20(2)12-32(44)38-25-15-22(18-36-19-25)28-8-9-30-33(40-28)34(42-41-30)31-17-27-26(6-5-7-29(27)39-31)21-13-23(35)16-24(14-21)37-10-11-43(3)4/h5-9,13-20,37,39H,10-12H2,1-4H3,(H,38,44)(H,41,42). The quantitative estimate of drug-likeness (QED) is 0.138. The van der Waals surface area contributed by atoms with E-state index in [1.807, 2.05) is 76.5 Å². The lowest BCUT2D eigenvalue weighted by Gasteiger charge is -2.13. The monoisotopic (exact) mass is 590 g/mol. The summed E-state index contributed by atoms with van der Waals surface area (Å²) in [6.45, 7) is 5.57. The molecule has 0 aliphatic rings. The molecule has 9 nitrogen and oxygen atoms in total. The molecule has 0 bridgehead atoms. The third-order valence-corrected chi connectivity index (χ3v) is 7.34. The number of hydrogen-bond acceptors (Lipinski definition) is 6. The van der Waals surface area contributed by atoms with Crippen LogP contribution in [0.1, 0.15) is 20.3 Å². The van der Waals surface area contributed by atoms with Gasteiger partial charge in [0.2, 0.25) is 5.91 Å². The van der Waals surface area contributed by atoms with Crippen molar-refractivity contribution in [3.8, 4) is 33.8 Å². The zero-order chi connectivity index (χ0) is 30.8. The molecule has 0 aliphatic heterocycles. The Labute approximate surface area is 254 Å². The molecule has 4 N–H and O–H groups in total. The number of nitrogens with one attached hydrogen (secondary N) is 4. The fraction of sp³-hybridized carbons (Fsp3) is 0.235. The molecule has 0 unspecified atom stereocenters. The van der Waals surface area contributed by atoms with E-state index in [9.17, 15) is 9.18 Å². The lowest BCUT2D eigenvalue weighted by Crippen LogP contribution is -2.20. The molecule has 10 heteroatoms. The number of amides is 1. The van der Waals surface area contributed by atoms with E-state index in [2.05, 4.69) is 35.7 Å². The molecule has 0 radical (unpaired) electrons. The van der Waals surface area contributed by atoms with Gasteiger partial charge in [-0.1, -0.05) is 26.0 Å². The van der Waals surface area contributed by atoms with Crippen LogP contribution in [0.4, 0.5) is 15.8 Å². The smallest absolute Gasteiger partial charge is 0.224 e. The van der Waals surface area contributed by atoms with Crippen LogP contribution < -0.4 is 10.6 Å². The van der Waals surface area contributed by atoms with Gasteiger partial charge in [0, 0.05) is 47.9 Å². The van der Waals surface area contributed by atoms with Crippen molar-refractivity contribution in [2.75, 3.05) is 37.8 Å². The minimum absolute atomic E-state index is 0.0484. The van der Waals surface area contributed by atoms with Gasteiger partial charge in [0.15, 0.2) is 0 Å². The van der Waals surface area contributed by atoms with Crippen molar-refractivity contribution in [2.24, 2.45) is 5.92 Å². The summed E-state index contributed by atoms with van der Waals surface area (Å²) in [5.41, 5.74) is 8.40. The fourth-order valence-electron chi connectivity index (χ4n) is 5.28. The molecule has 4 heterocycles. The van der Waals surface area contributed by atoms with Crippen LogP contribution in [-0.4, -0.2) is 63.1 Å². The number of halogens is 1. The topological polar surface area (TPSA) is 115 Å². The zero-order valence-electron chi connectivity index (χ0n) is 25.2. The maximum Gasteiger partial charge on any atom is 0.224 e. The summed E-state index contributed by atoms with van der Waals surface area (Å²) in [6.07, 6.45) is 3.80. The van der Waals surface area contributed by atoms with Crippen molar-refractivity contribution < 1.29 is 9.18 Å². The number of carbonyl (C=O) groups is 1. The number of nitrogens with zero attached hydrogens (tertiary/aromatic N) is 4. The van der Waals surface area contributed by atoms with Gasteiger partial charge in [0.1, 0.15) is 17.0 Å². The van der Waals surface area contributed by atoms with Crippen molar-refractivity contribution in [3.05, 3.63) is 78.9 Å². The number of anilines is 2. The Balaban J connectivity index is 1.33. The van der Waals surface area contributed by atoms with Crippen LogP contribution in [0.25, 0.3) is 55.7 Å². The first-order valence-corrected chi connectivity index (χ1v) is 14.7. The summed E-state index contributed by atoms with van der Waals surface area (Å²) in [4.78, 5) is 27.1. The second kappa shape index (κ2) is 12.3. The van der Waals surface area contributed by atoms with Crippen molar-refractivity contribution in [1.29, 1.82) is 0 Å². The van der Waals surface area contributed by atoms with Gasteiger partial charge in [-0.15, -0.1) is 0 Å². The normalized spacial score (nSPS) is 11.6. The summed E-state index contributed by atoms with van der Waals surface area (Å²) < 4.78 is 14.7. The molecule has 0 spiro atoms. The average Bonchev–Trinajstić information content (AvgIpc) is 3.60. The number of pyridine rings is 2. The molecular weight excluding hydrogens is 555 g/mol. The van der Waals surface area contributed by atoms with E-state index in [0.717, 1.165) is 51.0 Å². The highest BCUT2D eigenvalue weighted by atomic mass is 19.1. The minimum atomic E-state index is -0.296. The van der Waals surface area contributed by atoms with Crippen LogP contribution in [-0.2, 0) is 4.79 Å². The lowest BCUT2D eigenvalue weighted by atomic mass is 10.0. The number of benzene rings is 2. The van der Waals surface area contributed by atoms with Crippen molar-refractivity contribution >= 4 is 39.2 Å². The van der Waals surface area contributed by atoms with E-state index < -0.39 is 0 Å². The van der Waals surface area contributed by atoms with E-state index in [-0.39, 0.29) is 17.6 Å². The third-order valence-electron chi connectivity index (χ3n) is 7.34. The SMILES string of the molecule is CC(C)CC(=O)Nc1cncc(-c2ccc3[nH]nc(-c4cc5c(-c6cc(F)cc(NCCN(C)C)c6)cccc5[nH]4)c3n2)c1. The molecule has 44 heavy (non-hydrogen) atoms. The summed E-state index contributed by atoms with van der Waals surface area (Å²) in [5.74, 6) is -0.0831. The molecule has 1 amide bonds. The van der Waals surface area contributed by atoms with E-state index >= 15 is 0 Å². The molecule has 2 aromatic carbocycles. The molecule has 6 rings (SSSR count). The number of aromatic amines is 2. The number of aromatic nitrogens is 5. The largest absolute Gasteiger partial charge is 0.384 e. The molecule has 0 aliphatic carbocycles. The molecule has 0 atom stereocenters. The number of fused-ring (bicyclic) bond motifs is 2. The fourth-order valence-corrected chi connectivity index (χ4v) is 5.28. The first-order valence-electron chi connectivity index (χ1n) is 14.7. The van der Waals surface area contributed by atoms with Gasteiger partial charge in [-0.05, 0) is 79.7 Å². The van der Waals surface area contributed by atoms with Crippen molar-refractivity contribution in [3.63, 3.8) is 0 Å². The average molecular weight is 591 g/mol. The van der Waals surface area contributed by atoms with Gasteiger partial charge in [-0.25, -0.2) is 9.37 Å². The van der Waals surface area contributed by atoms with Crippen molar-refractivity contribution in [2.45, 2.75) is 20.3 Å². The van der Waals surface area contributed by atoms with Crippen LogP contribution in [0.15, 0.2) is 73.1 Å². The Kier molecular flexibility index (Phi) is 8.08. The van der Waals surface area contributed by atoms with Crippen LogP contribution >= 0.6 is 0 Å². The van der Waals surface area contributed by atoms with Crippen LogP contribution in [0.5, 0.6) is 0 Å². The Morgan fingerprint density at radius 2 is 1.82 bits per heavy atom. The summed E-state index contributed by atoms with van der Waals surface area (Å²) >= 11 is 0. The maximum atomic E-state index is 14.7. The number of hydrogen-bond donors (Lipinski definition) is 4. The van der Waals surface area contributed by atoms with E-state index in [1.54, 1.807) is 18.5 Å². The number of carbonyl (C=O) groups excluding carboxylic acids is 1. The Morgan fingerprint density at radius 3 is 2.64 bits per heavy atom. The van der Waals surface area contributed by atoms with Crippen LogP contribution in [0.2, 0.25) is 0 Å². The Morgan fingerprint density at radius 1 is 0.977 bits per heavy atom. The van der Waals surface area contributed by atoms with Gasteiger partial charge in [0.25, 0.3) is 0 Å². The zero-order valence-corrected chi connectivity index (χ0v) is 25.2. The van der Waals surface area contributed by atoms with E-state index in [1.165, 1.54) is 6.07 Å². The molecular formula is C34H35FN8O. The van der Waals surface area contributed by atoms with Crippen LogP contribution in [0, 0.1) is 11.7 Å². The van der Waals surface area contributed by atoms with E-state index in [4.69, 9.17) is 4.98 Å². The van der Waals surface area contributed by atoms with E-state index in [0.29, 0.717) is 35.6 Å². The Bertz CT molecular complexity index is 1960. The maximum absolute atomic E-state index is 14.7. The molecule has 4 aromatic heterocycles. The van der Waals surface area contributed by atoms with Crippen LogP contribution in [0.3, 0.4) is 0 Å². The number of H-pyrrole nitrogens is 2. The predicted molar refractivity (Wildman–Crippen MR) is 175 cm³/mol. The van der Waals surface area contributed by atoms with Gasteiger partial charge >= 0.3 is 0 Å². The van der Waals surface area contributed by atoms with Crippen molar-refractivity contribution in [1.82, 2.24) is 30.0 Å². The second-order valence-electron chi connectivity index (χ2n) is 11.7. The van der Waals surface area contributed by atoms with Gasteiger partial charge in [0.05, 0.1) is 28.8 Å². The lowest BCUT2D eigenvalue weighted by molar-refractivity contribution is -0.116.